The van der Waals surface area contributed by atoms with Crippen molar-refractivity contribution in [2.75, 3.05) is 19.6 Å². The van der Waals surface area contributed by atoms with Gasteiger partial charge >= 0.3 is 6.03 Å². The first-order chi connectivity index (χ1) is 11.5. The number of aromatic amines is 1. The number of carbonyl (C=O) groups is 3. The Labute approximate surface area is 140 Å². The zero-order valence-corrected chi connectivity index (χ0v) is 14.1. The van der Waals surface area contributed by atoms with E-state index in [0.29, 0.717) is 38.2 Å². The lowest BCUT2D eigenvalue weighted by atomic mass is 9.86. The number of urea groups is 1. The monoisotopic (exact) mass is 333 g/mol. The van der Waals surface area contributed by atoms with Crippen molar-refractivity contribution in [1.82, 2.24) is 25.3 Å². The smallest absolute Gasteiger partial charge is 0.325 e. The molecule has 2 N–H and O–H groups in total. The van der Waals surface area contributed by atoms with Crippen LogP contribution in [0.1, 0.15) is 49.3 Å². The fraction of sp³-hybridized carbons (Fsp3) is 0.625. The van der Waals surface area contributed by atoms with Crippen molar-refractivity contribution in [2.24, 2.45) is 0 Å². The SMILES string of the molecule is CCCc1cc(C(=O)N2CCC3(CC2)C(=O)NC(=O)N3CC)n[nH]1. The van der Waals surface area contributed by atoms with E-state index < -0.39 is 5.54 Å². The maximum Gasteiger partial charge on any atom is 0.325 e. The first kappa shape index (κ1) is 16.5. The van der Waals surface area contributed by atoms with Crippen molar-refractivity contribution in [3.63, 3.8) is 0 Å². The number of imide groups is 1. The van der Waals surface area contributed by atoms with E-state index in [1.54, 1.807) is 15.9 Å². The van der Waals surface area contributed by atoms with Gasteiger partial charge in [0.05, 0.1) is 0 Å². The lowest BCUT2D eigenvalue weighted by Gasteiger charge is -2.41. The summed E-state index contributed by atoms with van der Waals surface area (Å²) in [6.45, 7) is 5.28. The van der Waals surface area contributed by atoms with Gasteiger partial charge in [0.2, 0.25) is 0 Å². The van der Waals surface area contributed by atoms with Crippen LogP contribution in [0.4, 0.5) is 4.79 Å². The topological polar surface area (TPSA) is 98.4 Å². The van der Waals surface area contributed by atoms with Crippen LogP contribution in [0, 0.1) is 0 Å². The summed E-state index contributed by atoms with van der Waals surface area (Å²) in [6, 6.07) is 1.46. The molecular formula is C16H23N5O3. The molecule has 0 bridgehead atoms. The number of carbonyl (C=O) groups excluding carboxylic acids is 3. The van der Waals surface area contributed by atoms with Crippen LogP contribution >= 0.6 is 0 Å². The van der Waals surface area contributed by atoms with Crippen LogP contribution in [0.15, 0.2) is 6.07 Å². The predicted molar refractivity (Wildman–Crippen MR) is 86.4 cm³/mol. The summed E-state index contributed by atoms with van der Waals surface area (Å²) in [4.78, 5) is 40.0. The molecule has 0 unspecified atom stereocenters. The first-order valence-electron chi connectivity index (χ1n) is 8.48. The maximum absolute atomic E-state index is 12.6. The van der Waals surface area contributed by atoms with Crippen LogP contribution in [0.2, 0.25) is 0 Å². The van der Waals surface area contributed by atoms with Crippen LogP contribution in [0.5, 0.6) is 0 Å². The highest BCUT2D eigenvalue weighted by atomic mass is 16.2. The number of rotatable bonds is 4. The molecule has 0 saturated carbocycles. The summed E-state index contributed by atoms with van der Waals surface area (Å²) in [5.74, 6) is -0.373. The molecule has 3 heterocycles. The number of H-pyrrole nitrogens is 1. The van der Waals surface area contributed by atoms with Crippen molar-refractivity contribution >= 4 is 17.8 Å². The predicted octanol–water partition coefficient (Wildman–Crippen LogP) is 0.909. The molecule has 0 aromatic carbocycles. The van der Waals surface area contributed by atoms with Crippen molar-refractivity contribution in [1.29, 1.82) is 0 Å². The van der Waals surface area contributed by atoms with Gasteiger partial charge in [-0.2, -0.15) is 5.10 Å². The second kappa shape index (κ2) is 6.26. The van der Waals surface area contributed by atoms with Crippen molar-refractivity contribution in [3.05, 3.63) is 17.5 Å². The molecule has 8 heteroatoms. The normalized spacial score (nSPS) is 19.9. The van der Waals surface area contributed by atoms with Gasteiger partial charge < -0.3 is 9.80 Å². The third kappa shape index (κ3) is 2.55. The Morgan fingerprint density at radius 2 is 2.00 bits per heavy atom. The standard InChI is InChI=1S/C16H23N5O3/c1-3-5-11-10-12(19-18-11)13(22)20-8-6-16(7-9-20)14(23)17-15(24)21(16)4-2/h10H,3-9H2,1-2H3,(H,18,19)(H,17,23,24). The molecule has 8 nitrogen and oxygen atoms in total. The minimum Gasteiger partial charge on any atom is -0.337 e. The average Bonchev–Trinajstić information content (AvgIpc) is 3.12. The number of nitrogens with zero attached hydrogens (tertiary/aromatic N) is 3. The van der Waals surface area contributed by atoms with Gasteiger partial charge in [0.25, 0.3) is 11.8 Å². The molecule has 1 spiro atoms. The van der Waals surface area contributed by atoms with Gasteiger partial charge in [-0.3, -0.25) is 20.0 Å². The molecular weight excluding hydrogens is 310 g/mol. The molecule has 0 aliphatic carbocycles. The minimum atomic E-state index is -0.804. The second-order valence-corrected chi connectivity index (χ2v) is 6.36. The highest BCUT2D eigenvalue weighted by molar-refractivity contribution is 6.07. The number of hydrogen-bond donors (Lipinski definition) is 2. The van der Waals surface area contributed by atoms with E-state index in [4.69, 9.17) is 0 Å². The van der Waals surface area contributed by atoms with Gasteiger partial charge in [-0.25, -0.2) is 4.79 Å². The van der Waals surface area contributed by atoms with E-state index in [1.165, 1.54) is 0 Å². The molecule has 2 saturated heterocycles. The summed E-state index contributed by atoms with van der Waals surface area (Å²) in [7, 11) is 0. The van der Waals surface area contributed by atoms with E-state index >= 15 is 0 Å². The van der Waals surface area contributed by atoms with Gasteiger partial charge in [0.15, 0.2) is 0 Å². The Hall–Kier alpha value is -2.38. The number of nitrogens with one attached hydrogen (secondary N) is 2. The van der Waals surface area contributed by atoms with Crippen LogP contribution in [0.3, 0.4) is 0 Å². The Morgan fingerprint density at radius 1 is 1.29 bits per heavy atom. The van der Waals surface area contributed by atoms with E-state index in [1.807, 2.05) is 6.92 Å². The summed E-state index contributed by atoms with van der Waals surface area (Å²) >= 11 is 0. The Morgan fingerprint density at radius 3 is 2.62 bits per heavy atom. The van der Waals surface area contributed by atoms with Gasteiger partial charge in [-0.1, -0.05) is 13.3 Å². The number of aryl methyl sites for hydroxylation is 1. The molecule has 2 aliphatic heterocycles. The van der Waals surface area contributed by atoms with E-state index in [0.717, 1.165) is 18.5 Å². The zero-order valence-electron chi connectivity index (χ0n) is 14.1. The van der Waals surface area contributed by atoms with Crippen LogP contribution in [-0.4, -0.2) is 63.0 Å². The maximum atomic E-state index is 12.6. The van der Waals surface area contributed by atoms with Gasteiger partial charge in [-0.15, -0.1) is 0 Å². The molecule has 130 valence electrons. The minimum absolute atomic E-state index is 0.128. The Bertz CT molecular complexity index is 660. The number of amides is 4. The van der Waals surface area contributed by atoms with Crippen molar-refractivity contribution < 1.29 is 14.4 Å². The molecule has 1 aromatic rings. The number of likely N-dealkylation sites (tertiary alicyclic amines) is 1. The second-order valence-electron chi connectivity index (χ2n) is 6.36. The van der Waals surface area contributed by atoms with Crippen LogP contribution in [-0.2, 0) is 11.2 Å². The lowest BCUT2D eigenvalue weighted by molar-refractivity contribution is -0.128. The van der Waals surface area contributed by atoms with E-state index in [2.05, 4.69) is 22.4 Å². The Kier molecular flexibility index (Phi) is 4.29. The molecule has 24 heavy (non-hydrogen) atoms. The molecule has 0 radical (unpaired) electrons. The third-order valence-corrected chi connectivity index (χ3v) is 4.97. The number of hydrogen-bond acceptors (Lipinski definition) is 4. The quantitative estimate of drug-likeness (QED) is 0.800. The van der Waals surface area contributed by atoms with Gasteiger partial charge in [0.1, 0.15) is 11.2 Å². The largest absolute Gasteiger partial charge is 0.337 e. The molecule has 3 rings (SSSR count). The summed E-state index contributed by atoms with van der Waals surface area (Å²) in [6.07, 6.45) is 2.75. The number of aromatic nitrogens is 2. The van der Waals surface area contributed by atoms with Gasteiger partial charge in [0, 0.05) is 25.3 Å². The number of piperidine rings is 1. The molecule has 2 aliphatic rings. The first-order valence-corrected chi connectivity index (χ1v) is 8.48. The average molecular weight is 333 g/mol. The summed E-state index contributed by atoms with van der Waals surface area (Å²) in [5, 5.41) is 9.39. The summed E-state index contributed by atoms with van der Waals surface area (Å²) < 4.78 is 0. The van der Waals surface area contributed by atoms with Crippen LogP contribution < -0.4 is 5.32 Å². The van der Waals surface area contributed by atoms with E-state index in [-0.39, 0.29) is 17.8 Å². The fourth-order valence-electron chi connectivity index (χ4n) is 3.65. The molecule has 1 aromatic heterocycles. The van der Waals surface area contributed by atoms with E-state index in [9.17, 15) is 14.4 Å². The molecule has 0 atom stereocenters. The van der Waals surface area contributed by atoms with Gasteiger partial charge in [-0.05, 0) is 32.3 Å². The highest BCUT2D eigenvalue weighted by Crippen LogP contribution is 2.33. The molecule has 4 amide bonds. The number of likely N-dealkylation sites (N-methyl/N-ethyl adjacent to an activating group) is 1. The third-order valence-electron chi connectivity index (χ3n) is 4.97. The van der Waals surface area contributed by atoms with Crippen LogP contribution in [0.25, 0.3) is 0 Å². The zero-order chi connectivity index (χ0) is 17.3. The Balaban J connectivity index is 1.69. The molecule has 2 fully saturated rings. The van der Waals surface area contributed by atoms with Crippen molar-refractivity contribution in [3.8, 4) is 0 Å². The highest BCUT2D eigenvalue weighted by Gasteiger charge is 2.53. The fourth-order valence-corrected chi connectivity index (χ4v) is 3.65. The lowest BCUT2D eigenvalue weighted by Crippen LogP contribution is -2.57. The van der Waals surface area contributed by atoms with Crippen molar-refractivity contribution in [2.45, 2.75) is 45.1 Å². The summed E-state index contributed by atoms with van der Waals surface area (Å²) in [5.41, 5.74) is 0.558.